The fourth-order valence-electron chi connectivity index (χ4n) is 4.68. The molecule has 2 N–H and O–H groups in total. The molecule has 1 aliphatic carbocycles. The zero-order chi connectivity index (χ0) is 28.7. The van der Waals surface area contributed by atoms with Crippen LogP contribution in [0.5, 0.6) is 0 Å². The summed E-state index contributed by atoms with van der Waals surface area (Å²) in [5.41, 5.74) is 1.41. The van der Waals surface area contributed by atoms with Gasteiger partial charge in [-0.15, -0.1) is 0 Å². The van der Waals surface area contributed by atoms with Crippen LogP contribution in [0.3, 0.4) is 0 Å². The van der Waals surface area contributed by atoms with Gasteiger partial charge in [0.25, 0.3) is 0 Å². The largest absolute Gasteiger partial charge is 0.481 e. The Kier molecular flexibility index (Phi) is 7.10. The van der Waals surface area contributed by atoms with Gasteiger partial charge in [-0.1, -0.05) is 78.3 Å². The molecule has 1 heterocycles. The Morgan fingerprint density at radius 1 is 0.975 bits per heavy atom. The summed E-state index contributed by atoms with van der Waals surface area (Å²) in [6.07, 6.45) is -4.30. The first-order chi connectivity index (χ1) is 19.0. The number of hydrogen-bond donors (Lipinski definition) is 2. The van der Waals surface area contributed by atoms with Gasteiger partial charge < -0.3 is 14.3 Å². The molecule has 206 valence electrons. The van der Waals surface area contributed by atoms with Crippen molar-refractivity contribution in [3.63, 3.8) is 0 Å². The van der Waals surface area contributed by atoms with Gasteiger partial charge in [0.15, 0.2) is 5.76 Å². The summed E-state index contributed by atoms with van der Waals surface area (Å²) >= 11 is 6.23. The fraction of sp³-hybridized carbons (Fsp3) is 0.200. The van der Waals surface area contributed by atoms with E-state index in [-0.39, 0.29) is 22.0 Å². The van der Waals surface area contributed by atoms with Crippen molar-refractivity contribution >= 4 is 29.4 Å². The topological polar surface area (TPSA) is 88.8 Å². The van der Waals surface area contributed by atoms with E-state index in [1.165, 1.54) is 31.4 Å². The van der Waals surface area contributed by atoms with Crippen molar-refractivity contribution in [2.75, 3.05) is 5.32 Å². The summed E-state index contributed by atoms with van der Waals surface area (Å²) < 4.78 is 50.9. The van der Waals surface area contributed by atoms with Crippen LogP contribution in [-0.4, -0.2) is 17.2 Å². The molecule has 40 heavy (non-hydrogen) atoms. The predicted octanol–water partition coefficient (Wildman–Crippen LogP) is 8.71. The minimum absolute atomic E-state index is 0.0856. The normalized spacial score (nSPS) is 14.8. The maximum absolute atomic E-state index is 13.4. The highest BCUT2D eigenvalue weighted by atomic mass is 35.5. The zero-order valence-electron chi connectivity index (χ0n) is 21.1. The Morgan fingerprint density at radius 3 is 2.12 bits per heavy atom. The van der Waals surface area contributed by atoms with Gasteiger partial charge in [0.05, 0.1) is 11.0 Å². The number of aliphatic carboxylic acids is 1. The molecule has 1 saturated carbocycles. The maximum Gasteiger partial charge on any atom is 0.416 e. The van der Waals surface area contributed by atoms with Crippen molar-refractivity contribution in [1.29, 1.82) is 0 Å². The number of rotatable bonds is 7. The summed E-state index contributed by atoms with van der Waals surface area (Å²) in [6, 6.07) is 19.5. The van der Waals surface area contributed by atoms with E-state index < -0.39 is 35.3 Å². The van der Waals surface area contributed by atoms with E-state index in [9.17, 15) is 27.9 Å². The van der Waals surface area contributed by atoms with Crippen LogP contribution in [-0.2, 0) is 21.1 Å². The van der Waals surface area contributed by atoms with Gasteiger partial charge in [-0.25, -0.2) is 4.79 Å². The van der Waals surface area contributed by atoms with E-state index in [2.05, 4.69) is 5.32 Å². The number of alkyl halides is 3. The van der Waals surface area contributed by atoms with Crippen molar-refractivity contribution in [1.82, 2.24) is 0 Å². The number of carbonyl (C=O) groups excluding carboxylic acids is 1. The van der Waals surface area contributed by atoms with Crippen LogP contribution < -0.4 is 5.32 Å². The van der Waals surface area contributed by atoms with Gasteiger partial charge in [0.2, 0.25) is 0 Å². The standard InChI is InChI=1S/C30H23ClF3NO5/c1-17(22-4-2-3-5-23(22)30(32,33)34)40-28(38)35-25-24(31)16-39-26(25)20-8-6-18(7-9-20)19-10-12-21(13-11-19)29(14-15-29)27(36)37/h2-13,16-17H,14-15H2,1H3,(H,35,38)(H,36,37)/t17-/m1/s1. The Bertz CT molecular complexity index is 1560. The van der Waals surface area contributed by atoms with Crippen LogP contribution in [0.25, 0.3) is 22.5 Å². The number of nitrogens with one attached hydrogen (secondary N) is 1. The molecule has 3 aromatic carbocycles. The van der Waals surface area contributed by atoms with Crippen molar-refractivity contribution in [3.05, 3.63) is 101 Å². The first-order valence-electron chi connectivity index (χ1n) is 12.3. The number of anilines is 1. The Labute approximate surface area is 232 Å². The van der Waals surface area contributed by atoms with Crippen LogP contribution in [0.2, 0.25) is 5.02 Å². The van der Waals surface area contributed by atoms with Crippen LogP contribution in [0.4, 0.5) is 23.7 Å². The molecule has 0 bridgehead atoms. The minimum Gasteiger partial charge on any atom is -0.481 e. The highest BCUT2D eigenvalue weighted by molar-refractivity contribution is 6.34. The highest BCUT2D eigenvalue weighted by Gasteiger charge is 2.51. The zero-order valence-corrected chi connectivity index (χ0v) is 21.8. The lowest BCUT2D eigenvalue weighted by Crippen LogP contribution is -2.19. The Hall–Kier alpha value is -4.24. The van der Waals surface area contributed by atoms with Gasteiger partial charge in [-0.2, -0.15) is 13.2 Å². The third-order valence-corrected chi connectivity index (χ3v) is 7.32. The molecule has 10 heteroatoms. The molecule has 0 spiro atoms. The van der Waals surface area contributed by atoms with Gasteiger partial charge in [-0.3, -0.25) is 10.1 Å². The van der Waals surface area contributed by atoms with E-state index in [0.29, 0.717) is 18.4 Å². The van der Waals surface area contributed by atoms with Crippen LogP contribution in [0.15, 0.2) is 83.5 Å². The van der Waals surface area contributed by atoms with Crippen LogP contribution >= 0.6 is 11.6 Å². The summed E-state index contributed by atoms with van der Waals surface area (Å²) in [7, 11) is 0. The lowest BCUT2D eigenvalue weighted by molar-refractivity contribution is -0.140. The van der Waals surface area contributed by atoms with Crippen LogP contribution in [0.1, 0.15) is 42.6 Å². The molecule has 1 aromatic heterocycles. The smallest absolute Gasteiger partial charge is 0.416 e. The van der Waals surface area contributed by atoms with Gasteiger partial charge >= 0.3 is 18.2 Å². The number of benzene rings is 3. The molecule has 1 fully saturated rings. The molecule has 4 aromatic rings. The van der Waals surface area contributed by atoms with Gasteiger partial charge in [0, 0.05) is 11.1 Å². The third-order valence-electron chi connectivity index (χ3n) is 7.04. The number of halogens is 4. The monoisotopic (exact) mass is 569 g/mol. The summed E-state index contributed by atoms with van der Waals surface area (Å²) in [6.45, 7) is 1.35. The van der Waals surface area contributed by atoms with Crippen molar-refractivity contribution in [3.8, 4) is 22.5 Å². The second kappa shape index (κ2) is 10.4. The van der Waals surface area contributed by atoms with E-state index >= 15 is 0 Å². The molecule has 6 nitrogen and oxygen atoms in total. The summed E-state index contributed by atoms with van der Waals surface area (Å²) in [4.78, 5) is 24.2. The van der Waals surface area contributed by atoms with E-state index in [1.807, 2.05) is 36.4 Å². The minimum atomic E-state index is -4.60. The van der Waals surface area contributed by atoms with Crippen molar-refractivity contribution in [2.45, 2.75) is 37.5 Å². The maximum atomic E-state index is 13.4. The number of hydrogen-bond acceptors (Lipinski definition) is 4. The number of carboxylic acids is 1. The summed E-state index contributed by atoms with van der Waals surface area (Å²) in [5.74, 6) is -0.570. The second-order valence-corrected chi connectivity index (χ2v) is 9.99. The van der Waals surface area contributed by atoms with E-state index in [4.69, 9.17) is 20.8 Å². The average molecular weight is 570 g/mol. The lowest BCUT2D eigenvalue weighted by Gasteiger charge is -2.19. The highest BCUT2D eigenvalue weighted by Crippen LogP contribution is 2.48. The SMILES string of the molecule is C[C@@H](OC(=O)Nc1c(Cl)coc1-c1ccc(-c2ccc(C3(C(=O)O)CC3)cc2)cc1)c1ccccc1C(F)(F)F. The Morgan fingerprint density at radius 2 is 1.55 bits per heavy atom. The molecule has 0 aliphatic heterocycles. The van der Waals surface area contributed by atoms with Crippen molar-refractivity contribution < 1.29 is 37.0 Å². The molecular weight excluding hydrogens is 547 g/mol. The molecule has 0 saturated heterocycles. The average Bonchev–Trinajstić information content (AvgIpc) is 3.68. The number of amides is 1. The van der Waals surface area contributed by atoms with Gasteiger partial charge in [-0.05, 0) is 42.5 Å². The van der Waals surface area contributed by atoms with Crippen molar-refractivity contribution in [2.24, 2.45) is 0 Å². The molecule has 0 radical (unpaired) electrons. The lowest BCUT2D eigenvalue weighted by atomic mass is 9.93. The van der Waals surface area contributed by atoms with Crippen LogP contribution in [0, 0.1) is 0 Å². The second-order valence-electron chi connectivity index (χ2n) is 9.59. The first-order valence-corrected chi connectivity index (χ1v) is 12.7. The molecule has 1 atom stereocenters. The quantitative estimate of drug-likeness (QED) is 0.232. The summed E-state index contributed by atoms with van der Waals surface area (Å²) in [5, 5.41) is 12.1. The molecule has 1 amide bonds. The van der Waals surface area contributed by atoms with E-state index in [0.717, 1.165) is 22.8 Å². The number of ether oxygens (including phenoxy) is 1. The predicted molar refractivity (Wildman–Crippen MR) is 143 cm³/mol. The van der Waals surface area contributed by atoms with E-state index in [1.54, 1.807) is 12.1 Å². The number of carbonyl (C=O) groups is 2. The molecule has 1 aliphatic rings. The first kappa shape index (κ1) is 27.3. The Balaban J connectivity index is 1.30. The molecule has 5 rings (SSSR count). The number of furan rings is 1. The van der Waals surface area contributed by atoms with Gasteiger partial charge in [0.1, 0.15) is 23.1 Å². The number of carboxylic acid groups (broad SMARTS) is 1. The molecular formula is C30H23ClF3NO5. The fourth-order valence-corrected chi connectivity index (χ4v) is 4.86. The third kappa shape index (κ3) is 5.29. The molecule has 0 unspecified atom stereocenters.